The van der Waals surface area contributed by atoms with Crippen LogP contribution in [0.4, 0.5) is 0 Å². The van der Waals surface area contributed by atoms with E-state index in [1.54, 1.807) is 12.1 Å². The Hall–Kier alpha value is -1.75. The lowest BCUT2D eigenvalue weighted by Gasteiger charge is -2.16. The molecule has 0 radical (unpaired) electrons. The number of carbonyl (C=O) groups excluding carboxylic acids is 1. The van der Waals surface area contributed by atoms with Gasteiger partial charge in [0, 0.05) is 12.1 Å². The minimum atomic E-state index is -1.08. The van der Waals surface area contributed by atoms with E-state index in [0.717, 1.165) is 4.90 Å². The molecule has 5 nitrogen and oxygen atoms in total. The second-order valence-electron chi connectivity index (χ2n) is 3.40. The summed E-state index contributed by atoms with van der Waals surface area (Å²) in [6, 6.07) is 4.60. The van der Waals surface area contributed by atoms with E-state index in [-0.39, 0.29) is 12.1 Å². The highest BCUT2D eigenvalue weighted by Crippen LogP contribution is 2.23. The van der Waals surface area contributed by atoms with Crippen LogP contribution in [0.1, 0.15) is 10.4 Å². The summed E-state index contributed by atoms with van der Waals surface area (Å²) < 4.78 is 5.02. The van der Waals surface area contributed by atoms with E-state index in [1.165, 1.54) is 20.2 Å². The summed E-state index contributed by atoms with van der Waals surface area (Å²) in [4.78, 5) is 23.5. The van der Waals surface area contributed by atoms with E-state index in [2.05, 4.69) is 0 Å². The maximum atomic E-state index is 11.9. The van der Waals surface area contributed by atoms with Gasteiger partial charge in [0.05, 0.1) is 12.7 Å². The number of rotatable bonds is 4. The Labute approximate surface area is 104 Å². The van der Waals surface area contributed by atoms with Gasteiger partial charge in [-0.15, -0.1) is 0 Å². The molecule has 1 aromatic rings. The Bertz CT molecular complexity index is 447. The number of aliphatic carboxylic acids is 1. The van der Waals surface area contributed by atoms with Gasteiger partial charge in [-0.25, -0.2) is 0 Å². The number of hydrogen-bond acceptors (Lipinski definition) is 3. The van der Waals surface area contributed by atoms with Gasteiger partial charge in [0.1, 0.15) is 12.3 Å². The molecule has 1 N–H and O–H groups in total. The van der Waals surface area contributed by atoms with Crippen molar-refractivity contribution in [2.45, 2.75) is 0 Å². The fourth-order valence-corrected chi connectivity index (χ4v) is 1.50. The Morgan fingerprint density at radius 2 is 2.12 bits per heavy atom. The van der Waals surface area contributed by atoms with Crippen molar-refractivity contribution in [3.63, 3.8) is 0 Å². The first-order valence-corrected chi connectivity index (χ1v) is 5.14. The van der Waals surface area contributed by atoms with Crippen LogP contribution >= 0.6 is 11.6 Å². The lowest BCUT2D eigenvalue weighted by Crippen LogP contribution is -2.32. The van der Waals surface area contributed by atoms with Crippen LogP contribution in [0.15, 0.2) is 18.2 Å². The number of ether oxygens (including phenoxy) is 1. The summed E-state index contributed by atoms with van der Waals surface area (Å²) in [6.07, 6.45) is 0. The highest BCUT2D eigenvalue weighted by Gasteiger charge is 2.18. The van der Waals surface area contributed by atoms with Crippen LogP contribution < -0.4 is 4.74 Å². The highest BCUT2D eigenvalue weighted by molar-refractivity contribution is 6.31. The molecule has 1 amide bonds. The van der Waals surface area contributed by atoms with E-state index in [4.69, 9.17) is 21.4 Å². The molecule has 0 aliphatic rings. The van der Waals surface area contributed by atoms with Crippen molar-refractivity contribution in [1.82, 2.24) is 4.90 Å². The van der Waals surface area contributed by atoms with Crippen molar-refractivity contribution in [3.05, 3.63) is 28.8 Å². The summed E-state index contributed by atoms with van der Waals surface area (Å²) in [5.41, 5.74) is 0.240. The van der Waals surface area contributed by atoms with E-state index >= 15 is 0 Å². The predicted molar refractivity (Wildman–Crippen MR) is 62.6 cm³/mol. The molecule has 0 bridgehead atoms. The van der Waals surface area contributed by atoms with E-state index < -0.39 is 11.9 Å². The number of methoxy groups -OCH3 is 1. The molecule has 0 saturated carbocycles. The van der Waals surface area contributed by atoms with Crippen molar-refractivity contribution in [2.24, 2.45) is 0 Å². The van der Waals surface area contributed by atoms with Gasteiger partial charge in [0.2, 0.25) is 0 Å². The molecule has 0 fully saturated rings. The molecular weight excluding hydrogens is 246 g/mol. The van der Waals surface area contributed by atoms with Gasteiger partial charge in [-0.05, 0) is 18.2 Å². The van der Waals surface area contributed by atoms with Gasteiger partial charge in [0.25, 0.3) is 5.91 Å². The third kappa shape index (κ3) is 3.35. The Kier molecular flexibility index (Phi) is 4.34. The van der Waals surface area contributed by atoms with Crippen LogP contribution in [0, 0.1) is 0 Å². The first-order chi connectivity index (χ1) is 7.95. The quantitative estimate of drug-likeness (QED) is 0.888. The molecule has 0 atom stereocenters. The van der Waals surface area contributed by atoms with Gasteiger partial charge in [0.15, 0.2) is 0 Å². The maximum Gasteiger partial charge on any atom is 0.323 e. The maximum absolute atomic E-state index is 11.9. The van der Waals surface area contributed by atoms with Gasteiger partial charge >= 0.3 is 5.97 Å². The normalized spacial score (nSPS) is 9.82. The molecule has 0 saturated heterocycles. The molecule has 0 aromatic heterocycles. The van der Waals surface area contributed by atoms with Crippen LogP contribution in [0.2, 0.25) is 5.02 Å². The van der Waals surface area contributed by atoms with Crippen LogP contribution in [0.25, 0.3) is 0 Å². The van der Waals surface area contributed by atoms with E-state index in [1.807, 2.05) is 0 Å². The molecule has 6 heteroatoms. The van der Waals surface area contributed by atoms with Crippen LogP contribution in [-0.4, -0.2) is 42.6 Å². The fourth-order valence-electron chi connectivity index (χ4n) is 1.33. The molecular formula is C11H12ClNO4. The van der Waals surface area contributed by atoms with Gasteiger partial charge in [-0.3, -0.25) is 9.59 Å². The highest BCUT2D eigenvalue weighted by atomic mass is 35.5. The van der Waals surface area contributed by atoms with Crippen LogP contribution in [0.3, 0.4) is 0 Å². The second kappa shape index (κ2) is 5.54. The Morgan fingerprint density at radius 3 is 2.65 bits per heavy atom. The number of likely N-dealkylation sites (N-methyl/N-ethyl adjacent to an activating group) is 1. The van der Waals surface area contributed by atoms with Crippen molar-refractivity contribution in [3.8, 4) is 5.75 Å². The zero-order valence-corrected chi connectivity index (χ0v) is 10.2. The minimum absolute atomic E-state index is 0.240. The summed E-state index contributed by atoms with van der Waals surface area (Å²) in [6.45, 7) is -0.380. The summed E-state index contributed by atoms with van der Waals surface area (Å²) in [7, 11) is 2.83. The van der Waals surface area contributed by atoms with E-state index in [0.29, 0.717) is 10.8 Å². The number of benzene rings is 1. The zero-order chi connectivity index (χ0) is 13.0. The predicted octanol–water partition coefficient (Wildman–Crippen LogP) is 1.51. The monoisotopic (exact) mass is 257 g/mol. The lowest BCUT2D eigenvalue weighted by molar-refractivity contribution is -0.137. The fraction of sp³-hybridized carbons (Fsp3) is 0.273. The van der Waals surface area contributed by atoms with Crippen LogP contribution in [-0.2, 0) is 4.79 Å². The third-order valence-corrected chi connectivity index (χ3v) is 2.35. The van der Waals surface area contributed by atoms with Crippen molar-refractivity contribution in [1.29, 1.82) is 0 Å². The number of amides is 1. The van der Waals surface area contributed by atoms with Crippen molar-refractivity contribution >= 4 is 23.5 Å². The number of halogens is 1. The van der Waals surface area contributed by atoms with Crippen LogP contribution in [0.5, 0.6) is 5.75 Å². The van der Waals surface area contributed by atoms with E-state index in [9.17, 15) is 9.59 Å². The van der Waals surface area contributed by atoms with Crippen molar-refractivity contribution in [2.75, 3.05) is 20.7 Å². The molecule has 92 valence electrons. The molecule has 0 heterocycles. The first kappa shape index (κ1) is 13.3. The number of carbonyl (C=O) groups is 2. The SMILES string of the molecule is COc1ccc(Cl)cc1C(=O)N(C)CC(=O)O. The third-order valence-electron chi connectivity index (χ3n) is 2.11. The number of carboxylic acid groups (broad SMARTS) is 1. The average molecular weight is 258 g/mol. The Balaban J connectivity index is 3.02. The first-order valence-electron chi connectivity index (χ1n) is 4.76. The molecule has 1 aromatic carbocycles. The average Bonchev–Trinajstić information content (AvgIpc) is 2.27. The van der Waals surface area contributed by atoms with Gasteiger partial charge < -0.3 is 14.7 Å². The lowest BCUT2D eigenvalue weighted by atomic mass is 10.1. The Morgan fingerprint density at radius 1 is 1.47 bits per heavy atom. The minimum Gasteiger partial charge on any atom is -0.496 e. The van der Waals surface area contributed by atoms with Crippen molar-refractivity contribution < 1.29 is 19.4 Å². The molecule has 17 heavy (non-hydrogen) atoms. The summed E-state index contributed by atoms with van der Waals surface area (Å²) in [5.74, 6) is -1.18. The smallest absolute Gasteiger partial charge is 0.323 e. The topological polar surface area (TPSA) is 66.8 Å². The molecule has 0 aliphatic heterocycles. The number of carboxylic acids is 1. The zero-order valence-electron chi connectivity index (χ0n) is 9.44. The molecule has 0 unspecified atom stereocenters. The van der Waals surface area contributed by atoms with Gasteiger partial charge in [-0.2, -0.15) is 0 Å². The summed E-state index contributed by atoms with van der Waals surface area (Å²) >= 11 is 5.79. The number of nitrogens with zero attached hydrogens (tertiary/aromatic N) is 1. The van der Waals surface area contributed by atoms with Gasteiger partial charge in [-0.1, -0.05) is 11.6 Å². The largest absolute Gasteiger partial charge is 0.496 e. The summed E-state index contributed by atoms with van der Waals surface area (Å²) in [5, 5.41) is 9.00. The second-order valence-corrected chi connectivity index (χ2v) is 3.84. The number of hydrogen-bond donors (Lipinski definition) is 1. The molecule has 0 spiro atoms. The molecule has 0 aliphatic carbocycles. The molecule has 1 rings (SSSR count). The standard InChI is InChI=1S/C11H12ClNO4/c1-13(6-10(14)15)11(16)8-5-7(12)3-4-9(8)17-2/h3-5H,6H2,1-2H3,(H,14,15).